The highest BCUT2D eigenvalue weighted by atomic mass is 31.2. The van der Waals surface area contributed by atoms with Crippen molar-refractivity contribution < 1.29 is 42.1 Å². The van der Waals surface area contributed by atoms with Crippen molar-refractivity contribution in [2.45, 2.75) is 277 Å². The number of unbranched alkanes of at least 4 members (excludes halogenated alkanes) is 25. The summed E-state index contributed by atoms with van der Waals surface area (Å²) in [4.78, 5) is 38.0. The molecule has 84 heavy (non-hydrogen) atoms. The number of phosphoric ester groups is 1. The molecule has 0 aromatic heterocycles. The van der Waals surface area contributed by atoms with E-state index in [0.29, 0.717) is 17.4 Å². The molecule has 0 bridgehead atoms. The topological polar surface area (TPSA) is 111 Å². The minimum Gasteiger partial charge on any atom is -0.756 e. The fraction of sp³-hybridized carbons (Fsp3) is 0.676. The van der Waals surface area contributed by atoms with Crippen molar-refractivity contribution in [3.63, 3.8) is 0 Å². The van der Waals surface area contributed by atoms with Crippen molar-refractivity contribution in [2.75, 3.05) is 47.5 Å². The van der Waals surface area contributed by atoms with Crippen LogP contribution in [0.3, 0.4) is 0 Å². The lowest BCUT2D eigenvalue weighted by Crippen LogP contribution is -2.37. The molecule has 0 radical (unpaired) electrons. The van der Waals surface area contributed by atoms with Gasteiger partial charge in [0.1, 0.15) is 19.8 Å². The Morgan fingerprint density at radius 3 is 1.02 bits per heavy atom. The number of carbonyl (C=O) groups excluding carboxylic acids is 2. The number of hydrogen-bond acceptors (Lipinski definition) is 8. The summed E-state index contributed by atoms with van der Waals surface area (Å²) < 4.78 is 34.2. The van der Waals surface area contributed by atoms with Gasteiger partial charge in [0.2, 0.25) is 0 Å². The van der Waals surface area contributed by atoms with Gasteiger partial charge in [0.25, 0.3) is 7.82 Å². The number of likely N-dealkylation sites (N-methyl/N-ethyl adjacent to an activating group) is 1. The van der Waals surface area contributed by atoms with Gasteiger partial charge in [-0.25, -0.2) is 0 Å². The molecule has 0 aromatic carbocycles. The van der Waals surface area contributed by atoms with Gasteiger partial charge in [-0.3, -0.25) is 14.2 Å². The lowest BCUT2D eigenvalue weighted by Gasteiger charge is -2.28. The number of phosphoric acid groups is 1. The summed E-state index contributed by atoms with van der Waals surface area (Å²) in [5, 5.41) is 0. The number of esters is 2. The second-order valence-electron chi connectivity index (χ2n) is 23.5. The zero-order valence-corrected chi connectivity index (χ0v) is 55.4. The van der Waals surface area contributed by atoms with Crippen LogP contribution >= 0.6 is 7.82 Å². The third-order valence-electron chi connectivity index (χ3n) is 14.2. The Labute approximate surface area is 517 Å². The van der Waals surface area contributed by atoms with Crippen molar-refractivity contribution in [3.05, 3.63) is 134 Å². The quantitative estimate of drug-likeness (QED) is 0.0195. The molecule has 9 nitrogen and oxygen atoms in total. The van der Waals surface area contributed by atoms with Gasteiger partial charge >= 0.3 is 11.9 Å². The van der Waals surface area contributed by atoms with Crippen molar-refractivity contribution in [1.82, 2.24) is 0 Å². The van der Waals surface area contributed by atoms with E-state index < -0.39 is 26.5 Å². The van der Waals surface area contributed by atoms with E-state index in [1.165, 1.54) is 128 Å². The molecule has 2 atom stereocenters. The Kier molecular flexibility index (Phi) is 60.7. The lowest BCUT2D eigenvalue weighted by atomic mass is 10.0. The number of nitrogens with zero attached hydrogens (tertiary/aromatic N) is 1. The second kappa shape index (κ2) is 63.6. The largest absolute Gasteiger partial charge is 0.756 e. The number of ether oxygens (including phenoxy) is 2. The molecule has 0 aromatic rings. The third kappa shape index (κ3) is 67.3. The number of rotatable bonds is 61. The predicted octanol–water partition coefficient (Wildman–Crippen LogP) is 21.4. The average molecular weight is 1190 g/mol. The fourth-order valence-electron chi connectivity index (χ4n) is 8.97. The maximum Gasteiger partial charge on any atom is 0.306 e. The van der Waals surface area contributed by atoms with Gasteiger partial charge in [-0.05, 0) is 116 Å². The normalized spacial score (nSPS) is 14.0. The minimum atomic E-state index is -4.65. The molecule has 10 heteroatoms. The van der Waals surface area contributed by atoms with Gasteiger partial charge in [0, 0.05) is 12.8 Å². The Morgan fingerprint density at radius 1 is 0.381 bits per heavy atom. The predicted molar refractivity (Wildman–Crippen MR) is 360 cm³/mol. The first-order valence-corrected chi connectivity index (χ1v) is 35.4. The Bertz CT molecular complexity index is 1880. The molecule has 480 valence electrons. The fourth-order valence-corrected chi connectivity index (χ4v) is 9.70. The molecular formula is C74H126NO8P. The van der Waals surface area contributed by atoms with E-state index in [4.69, 9.17) is 18.5 Å². The molecule has 0 aliphatic heterocycles. The van der Waals surface area contributed by atoms with Crippen LogP contribution in [0.5, 0.6) is 0 Å². The first-order chi connectivity index (χ1) is 41.0. The number of hydrogen-bond donors (Lipinski definition) is 0. The van der Waals surface area contributed by atoms with Gasteiger partial charge in [-0.2, -0.15) is 0 Å². The smallest absolute Gasteiger partial charge is 0.306 e. The molecule has 2 unspecified atom stereocenters. The van der Waals surface area contributed by atoms with E-state index in [1.54, 1.807) is 0 Å². The highest BCUT2D eigenvalue weighted by Crippen LogP contribution is 2.38. The van der Waals surface area contributed by atoms with Crippen molar-refractivity contribution in [2.24, 2.45) is 0 Å². The summed E-state index contributed by atoms with van der Waals surface area (Å²) in [5.41, 5.74) is 0. The maximum atomic E-state index is 12.8. The standard InChI is InChI=1S/C74H126NO8P/c1-6-8-10-12-14-16-18-20-22-24-26-27-28-29-30-31-32-33-34-35-36-37-38-39-40-41-42-43-44-45-46-47-49-51-53-55-57-59-61-63-65-67-74(77)83-72(71-82-84(78,79)81-69-68-75(3,4)5)70-80-73(76)66-64-62-60-58-56-54-52-50-48-25-23-21-19-17-15-13-11-9-7-2/h8,10,14,16,20-23,26-27,29-30,32-33,35-36,38-39,41-42,44-45,72H,6-7,9,11-13,15,17-19,24-25,28,31,34,37,40,43,46-71H2,1-5H3/b10-8-,16-14-,22-20-,23-21-,27-26-,30-29-,33-32-,36-35-,39-38-,42-41-,45-44-. The minimum absolute atomic E-state index is 0.0370. The first-order valence-electron chi connectivity index (χ1n) is 33.9. The summed E-state index contributed by atoms with van der Waals surface area (Å²) in [5.74, 6) is -0.842. The van der Waals surface area contributed by atoms with E-state index >= 15 is 0 Å². The van der Waals surface area contributed by atoms with Crippen LogP contribution in [-0.4, -0.2) is 70.0 Å². The number of allylic oxidation sites excluding steroid dienone is 22. The van der Waals surface area contributed by atoms with Crippen LogP contribution in [-0.2, 0) is 32.7 Å². The van der Waals surface area contributed by atoms with Crippen molar-refractivity contribution in [1.29, 1.82) is 0 Å². The summed E-state index contributed by atoms with van der Waals surface area (Å²) in [6.07, 6.45) is 92.3. The Morgan fingerprint density at radius 2 is 0.679 bits per heavy atom. The Balaban J connectivity index is 4.09. The highest BCUT2D eigenvalue weighted by molar-refractivity contribution is 7.45. The van der Waals surface area contributed by atoms with Gasteiger partial charge in [0.05, 0.1) is 27.7 Å². The molecule has 0 aliphatic carbocycles. The molecule has 0 rings (SSSR count). The molecule has 0 N–H and O–H groups in total. The summed E-state index contributed by atoms with van der Waals surface area (Å²) in [6.45, 7) is 4.12. The van der Waals surface area contributed by atoms with Crippen LogP contribution in [0, 0.1) is 0 Å². The lowest BCUT2D eigenvalue weighted by molar-refractivity contribution is -0.870. The van der Waals surface area contributed by atoms with Crippen LogP contribution in [0.4, 0.5) is 0 Å². The van der Waals surface area contributed by atoms with E-state index in [1.807, 2.05) is 21.1 Å². The van der Waals surface area contributed by atoms with Crippen LogP contribution in [0.2, 0.25) is 0 Å². The van der Waals surface area contributed by atoms with Gasteiger partial charge < -0.3 is 27.9 Å². The molecule has 0 aliphatic rings. The molecular weight excluding hydrogens is 1060 g/mol. The van der Waals surface area contributed by atoms with Gasteiger partial charge in [0.15, 0.2) is 6.10 Å². The molecule has 0 saturated heterocycles. The monoisotopic (exact) mass is 1190 g/mol. The zero-order chi connectivity index (χ0) is 61.2. The first kappa shape index (κ1) is 80.2. The van der Waals surface area contributed by atoms with E-state index in [9.17, 15) is 19.0 Å². The van der Waals surface area contributed by atoms with E-state index in [-0.39, 0.29) is 32.0 Å². The Hall–Kier alpha value is -3.85. The van der Waals surface area contributed by atoms with E-state index in [2.05, 4.69) is 148 Å². The van der Waals surface area contributed by atoms with Crippen molar-refractivity contribution >= 4 is 19.8 Å². The number of quaternary nitrogens is 1. The van der Waals surface area contributed by atoms with Crippen LogP contribution in [0.25, 0.3) is 0 Å². The average Bonchev–Trinajstić information content (AvgIpc) is 3.61. The highest BCUT2D eigenvalue weighted by Gasteiger charge is 2.22. The molecule has 0 spiro atoms. The number of carbonyl (C=O) groups is 2. The van der Waals surface area contributed by atoms with Gasteiger partial charge in [-0.1, -0.05) is 276 Å². The summed E-state index contributed by atoms with van der Waals surface area (Å²) in [6, 6.07) is 0. The zero-order valence-electron chi connectivity index (χ0n) is 54.6. The SMILES string of the molecule is CC/C=C\C/C=C\C/C=C\C/C=C\C/C=C\C/C=C\C/C=C\C/C=C\C/C=C\C/C=C\CCCCCCCCCCCCC(=O)OC(COC(=O)CCCCCCCCCCC/C=C\CCCCCCCC)COP(=O)([O-])OCC[N+](C)(C)C. The van der Waals surface area contributed by atoms with Crippen molar-refractivity contribution in [3.8, 4) is 0 Å². The van der Waals surface area contributed by atoms with Crippen LogP contribution in [0.15, 0.2) is 134 Å². The van der Waals surface area contributed by atoms with Gasteiger partial charge in [-0.15, -0.1) is 0 Å². The second-order valence-corrected chi connectivity index (χ2v) is 24.9. The van der Waals surface area contributed by atoms with Crippen LogP contribution < -0.4 is 4.89 Å². The molecule has 0 heterocycles. The van der Waals surface area contributed by atoms with E-state index in [0.717, 1.165) is 109 Å². The molecule has 0 amide bonds. The maximum absolute atomic E-state index is 12.8. The summed E-state index contributed by atoms with van der Waals surface area (Å²) in [7, 11) is 1.15. The van der Waals surface area contributed by atoms with Crippen LogP contribution in [0.1, 0.15) is 271 Å². The summed E-state index contributed by atoms with van der Waals surface area (Å²) >= 11 is 0. The third-order valence-corrected chi connectivity index (χ3v) is 15.1. The molecule has 0 saturated carbocycles. The molecule has 0 fully saturated rings.